The Morgan fingerprint density at radius 2 is 2.24 bits per heavy atom. The second-order valence-corrected chi connectivity index (χ2v) is 6.67. The normalized spacial score (nSPS) is 23.8. The van der Waals surface area contributed by atoms with Gasteiger partial charge >= 0.3 is 0 Å². The van der Waals surface area contributed by atoms with Crippen molar-refractivity contribution in [1.82, 2.24) is 19.4 Å². The topological polar surface area (TPSA) is 34.0 Å². The Morgan fingerprint density at radius 1 is 1.43 bits per heavy atom. The highest BCUT2D eigenvalue weighted by Gasteiger charge is 2.29. The molecule has 0 radical (unpaired) electrons. The number of likely N-dealkylation sites (tertiary alicyclic amines) is 1. The van der Waals surface area contributed by atoms with Gasteiger partial charge in [-0.3, -0.25) is 0 Å². The average Bonchev–Trinajstić information content (AvgIpc) is 2.76. The van der Waals surface area contributed by atoms with Gasteiger partial charge in [0.1, 0.15) is 11.3 Å². The Hall–Kier alpha value is -1.13. The Bertz CT molecular complexity index is 636. The number of rotatable bonds is 3. The van der Waals surface area contributed by atoms with Gasteiger partial charge in [-0.2, -0.15) is 0 Å². The van der Waals surface area contributed by atoms with E-state index < -0.39 is 0 Å². The number of aromatic nitrogens is 3. The lowest BCUT2D eigenvalue weighted by atomic mass is 9.93. The van der Waals surface area contributed by atoms with Gasteiger partial charge in [-0.15, -0.1) is 11.6 Å². The van der Waals surface area contributed by atoms with Crippen molar-refractivity contribution in [1.29, 1.82) is 0 Å². The molecule has 5 heteroatoms. The third kappa shape index (κ3) is 2.79. The fraction of sp³-hybridized carbons (Fsp3) is 0.625. The van der Waals surface area contributed by atoms with Crippen LogP contribution in [-0.4, -0.2) is 45.5 Å². The third-order valence-electron chi connectivity index (χ3n) is 4.45. The lowest BCUT2D eigenvalue weighted by Crippen LogP contribution is -2.38. The van der Waals surface area contributed by atoms with Crippen LogP contribution in [0.25, 0.3) is 11.2 Å². The lowest BCUT2D eigenvalue weighted by Gasteiger charge is -2.36. The van der Waals surface area contributed by atoms with Crippen molar-refractivity contribution >= 4 is 22.8 Å². The number of aryl methyl sites for hydroxylation is 2. The van der Waals surface area contributed by atoms with Crippen LogP contribution in [0.5, 0.6) is 0 Å². The number of imidazole rings is 1. The molecule has 0 N–H and O–H groups in total. The first-order valence-corrected chi connectivity index (χ1v) is 8.21. The first-order chi connectivity index (χ1) is 10.1. The number of halogens is 1. The van der Waals surface area contributed by atoms with E-state index in [0.717, 1.165) is 48.5 Å². The zero-order valence-corrected chi connectivity index (χ0v) is 13.8. The van der Waals surface area contributed by atoms with Gasteiger partial charge in [0, 0.05) is 31.1 Å². The molecular weight excluding hydrogens is 284 g/mol. The van der Waals surface area contributed by atoms with Crippen molar-refractivity contribution in [2.24, 2.45) is 5.92 Å². The summed E-state index contributed by atoms with van der Waals surface area (Å²) in [7, 11) is 2.19. The van der Waals surface area contributed by atoms with Gasteiger partial charge in [-0.1, -0.05) is 6.92 Å². The van der Waals surface area contributed by atoms with Gasteiger partial charge in [-0.25, -0.2) is 9.97 Å². The summed E-state index contributed by atoms with van der Waals surface area (Å²) in [5, 5.41) is 0. The molecule has 4 nitrogen and oxygen atoms in total. The average molecular weight is 307 g/mol. The van der Waals surface area contributed by atoms with Crippen molar-refractivity contribution in [3.8, 4) is 0 Å². The number of piperidine rings is 1. The third-order valence-corrected chi connectivity index (χ3v) is 4.64. The molecule has 21 heavy (non-hydrogen) atoms. The highest BCUT2D eigenvalue weighted by Crippen LogP contribution is 2.32. The van der Waals surface area contributed by atoms with E-state index in [1.54, 1.807) is 0 Å². The SMILES string of the molecule is Cc1cnc2c(c1)nc(CCCl)n2C1CCN(C)CC1C. The molecule has 1 saturated heterocycles. The monoisotopic (exact) mass is 306 g/mol. The molecule has 0 aliphatic carbocycles. The quantitative estimate of drug-likeness (QED) is 0.817. The molecule has 1 aliphatic rings. The zero-order valence-electron chi connectivity index (χ0n) is 13.0. The fourth-order valence-electron chi connectivity index (χ4n) is 3.46. The number of alkyl halides is 1. The summed E-state index contributed by atoms with van der Waals surface area (Å²) in [4.78, 5) is 11.9. The van der Waals surface area contributed by atoms with Crippen LogP contribution < -0.4 is 0 Å². The van der Waals surface area contributed by atoms with Gasteiger partial charge in [0.15, 0.2) is 5.65 Å². The van der Waals surface area contributed by atoms with E-state index >= 15 is 0 Å². The standard InChI is InChI=1S/C16H23ClN4/c1-11-8-13-16(18-9-11)21(15(19-13)4-6-17)14-5-7-20(3)10-12(14)2/h8-9,12,14H,4-7,10H2,1-3H3. The van der Waals surface area contributed by atoms with Gasteiger partial charge in [-0.05, 0) is 44.5 Å². The highest BCUT2D eigenvalue weighted by atomic mass is 35.5. The summed E-state index contributed by atoms with van der Waals surface area (Å²) in [6, 6.07) is 2.59. The molecule has 2 unspecified atom stereocenters. The molecule has 0 bridgehead atoms. The zero-order chi connectivity index (χ0) is 15.0. The number of pyridine rings is 1. The minimum atomic E-state index is 0.472. The first-order valence-electron chi connectivity index (χ1n) is 7.68. The van der Waals surface area contributed by atoms with Gasteiger partial charge in [0.05, 0.1) is 0 Å². The number of hydrogen-bond acceptors (Lipinski definition) is 3. The molecule has 0 amide bonds. The molecule has 2 aromatic heterocycles. The lowest BCUT2D eigenvalue weighted by molar-refractivity contribution is 0.159. The predicted octanol–water partition coefficient (Wildman–Crippen LogP) is 3.03. The van der Waals surface area contributed by atoms with Crippen molar-refractivity contribution in [3.63, 3.8) is 0 Å². The number of hydrogen-bond donors (Lipinski definition) is 0. The molecule has 1 aliphatic heterocycles. The molecule has 3 rings (SSSR count). The summed E-state index contributed by atoms with van der Waals surface area (Å²) >= 11 is 5.98. The molecular formula is C16H23ClN4. The van der Waals surface area contributed by atoms with Crippen LogP contribution in [0.15, 0.2) is 12.3 Å². The van der Waals surface area contributed by atoms with Crippen molar-refractivity contribution in [3.05, 3.63) is 23.7 Å². The largest absolute Gasteiger partial charge is 0.309 e. The molecule has 114 valence electrons. The second-order valence-electron chi connectivity index (χ2n) is 6.29. The van der Waals surface area contributed by atoms with Crippen LogP contribution >= 0.6 is 11.6 Å². The molecule has 1 fully saturated rings. The summed E-state index contributed by atoms with van der Waals surface area (Å²) in [5.41, 5.74) is 3.17. The van der Waals surface area contributed by atoms with E-state index in [1.807, 2.05) is 6.20 Å². The van der Waals surface area contributed by atoms with Crippen LogP contribution in [0.1, 0.15) is 30.8 Å². The van der Waals surface area contributed by atoms with Gasteiger partial charge in [0.25, 0.3) is 0 Å². The Kier molecular flexibility index (Phi) is 4.18. The summed E-state index contributed by atoms with van der Waals surface area (Å²) in [6.07, 6.45) is 3.88. The minimum absolute atomic E-state index is 0.472. The summed E-state index contributed by atoms with van der Waals surface area (Å²) < 4.78 is 2.36. The highest BCUT2D eigenvalue weighted by molar-refractivity contribution is 6.17. The molecule has 3 heterocycles. The maximum atomic E-state index is 5.98. The van der Waals surface area contributed by atoms with Crippen molar-refractivity contribution in [2.45, 2.75) is 32.7 Å². The van der Waals surface area contributed by atoms with Crippen LogP contribution in [0.3, 0.4) is 0 Å². The van der Waals surface area contributed by atoms with Gasteiger partial charge in [0.2, 0.25) is 0 Å². The molecule has 2 atom stereocenters. The molecule has 0 aromatic carbocycles. The number of nitrogens with zero attached hydrogens (tertiary/aromatic N) is 4. The Morgan fingerprint density at radius 3 is 2.95 bits per heavy atom. The molecule has 0 spiro atoms. The van der Waals surface area contributed by atoms with Gasteiger partial charge < -0.3 is 9.47 Å². The Balaban J connectivity index is 2.08. The smallest absolute Gasteiger partial charge is 0.160 e. The van der Waals surface area contributed by atoms with Crippen LogP contribution in [0.4, 0.5) is 0 Å². The van der Waals surface area contributed by atoms with Crippen LogP contribution in [-0.2, 0) is 6.42 Å². The van der Waals surface area contributed by atoms with Crippen molar-refractivity contribution in [2.75, 3.05) is 26.0 Å². The van der Waals surface area contributed by atoms with E-state index in [9.17, 15) is 0 Å². The van der Waals surface area contributed by atoms with Crippen LogP contribution in [0, 0.1) is 12.8 Å². The second kappa shape index (κ2) is 5.93. The van der Waals surface area contributed by atoms with E-state index in [-0.39, 0.29) is 0 Å². The predicted molar refractivity (Wildman–Crippen MR) is 87.0 cm³/mol. The minimum Gasteiger partial charge on any atom is -0.309 e. The van der Waals surface area contributed by atoms with E-state index in [1.165, 1.54) is 0 Å². The fourth-order valence-corrected chi connectivity index (χ4v) is 3.63. The Labute approximate surface area is 131 Å². The molecule has 0 saturated carbocycles. The van der Waals surface area contributed by atoms with E-state index in [0.29, 0.717) is 17.8 Å². The van der Waals surface area contributed by atoms with Crippen LogP contribution in [0.2, 0.25) is 0 Å². The summed E-state index contributed by atoms with van der Waals surface area (Å²) in [6.45, 7) is 6.63. The summed E-state index contributed by atoms with van der Waals surface area (Å²) in [5.74, 6) is 2.28. The first kappa shape index (κ1) is 14.8. The maximum absolute atomic E-state index is 5.98. The van der Waals surface area contributed by atoms with E-state index in [2.05, 4.69) is 41.4 Å². The number of fused-ring (bicyclic) bond motifs is 1. The maximum Gasteiger partial charge on any atom is 0.160 e. The van der Waals surface area contributed by atoms with E-state index in [4.69, 9.17) is 16.6 Å². The van der Waals surface area contributed by atoms with Crippen molar-refractivity contribution < 1.29 is 0 Å². The molecule has 2 aromatic rings.